The van der Waals surface area contributed by atoms with Crippen molar-refractivity contribution in [1.82, 2.24) is 9.80 Å². The van der Waals surface area contributed by atoms with Crippen molar-refractivity contribution in [2.75, 3.05) is 39.3 Å². The van der Waals surface area contributed by atoms with Crippen LogP contribution in [0.2, 0.25) is 5.02 Å². The van der Waals surface area contributed by atoms with Crippen LogP contribution < -0.4 is 5.73 Å². The fourth-order valence-electron chi connectivity index (χ4n) is 3.11. The van der Waals surface area contributed by atoms with E-state index in [2.05, 4.69) is 9.80 Å². The van der Waals surface area contributed by atoms with Gasteiger partial charge in [-0.2, -0.15) is 0 Å². The van der Waals surface area contributed by atoms with Gasteiger partial charge in [-0.25, -0.2) is 0 Å². The third-order valence-electron chi connectivity index (χ3n) is 4.74. The molecule has 1 aliphatic carbocycles. The van der Waals surface area contributed by atoms with Gasteiger partial charge in [-0.05, 0) is 36.8 Å². The number of piperazine rings is 1. The summed E-state index contributed by atoms with van der Waals surface area (Å²) in [5, 5.41) is 0.791. The van der Waals surface area contributed by atoms with Gasteiger partial charge in [0, 0.05) is 50.3 Å². The molecule has 3 nitrogen and oxygen atoms in total. The van der Waals surface area contributed by atoms with Crippen LogP contribution in [0.15, 0.2) is 24.3 Å². The molecule has 1 heterocycles. The number of hydrogen-bond acceptors (Lipinski definition) is 3. The zero-order chi connectivity index (χ0) is 14.7. The molecule has 0 spiro atoms. The van der Waals surface area contributed by atoms with Crippen molar-refractivity contribution in [1.29, 1.82) is 0 Å². The molecular formula is C17H26ClN3. The first-order valence-electron chi connectivity index (χ1n) is 8.17. The summed E-state index contributed by atoms with van der Waals surface area (Å²) in [6.07, 6.45) is 3.88. The molecular weight excluding hydrogens is 282 g/mol. The molecule has 2 fully saturated rings. The quantitative estimate of drug-likeness (QED) is 0.877. The van der Waals surface area contributed by atoms with Gasteiger partial charge in [0.2, 0.25) is 0 Å². The van der Waals surface area contributed by atoms with Crippen molar-refractivity contribution < 1.29 is 0 Å². The summed E-state index contributed by atoms with van der Waals surface area (Å²) in [5.41, 5.74) is 7.37. The first kappa shape index (κ1) is 15.3. The van der Waals surface area contributed by atoms with Gasteiger partial charge in [-0.1, -0.05) is 29.8 Å². The van der Waals surface area contributed by atoms with Crippen LogP contribution >= 0.6 is 11.6 Å². The highest BCUT2D eigenvalue weighted by Gasteiger charge is 2.26. The predicted molar refractivity (Wildman–Crippen MR) is 88.6 cm³/mol. The molecule has 2 aliphatic rings. The number of halogens is 1. The summed E-state index contributed by atoms with van der Waals surface area (Å²) in [6, 6.07) is 7.98. The maximum Gasteiger partial charge on any atom is 0.0453 e. The van der Waals surface area contributed by atoms with E-state index in [-0.39, 0.29) is 6.04 Å². The third-order valence-corrected chi connectivity index (χ3v) is 5.08. The van der Waals surface area contributed by atoms with Crippen LogP contribution in [0.25, 0.3) is 0 Å². The maximum absolute atomic E-state index is 6.29. The molecule has 1 aliphatic heterocycles. The van der Waals surface area contributed by atoms with E-state index in [1.807, 2.05) is 24.3 Å². The second kappa shape index (κ2) is 7.10. The molecule has 0 aromatic heterocycles. The molecule has 4 heteroatoms. The third kappa shape index (κ3) is 4.43. The molecule has 1 aromatic carbocycles. The fourth-order valence-corrected chi connectivity index (χ4v) is 3.39. The van der Waals surface area contributed by atoms with Gasteiger partial charge in [-0.3, -0.25) is 0 Å². The van der Waals surface area contributed by atoms with Crippen LogP contribution in [0.1, 0.15) is 30.9 Å². The molecule has 1 unspecified atom stereocenters. The largest absolute Gasteiger partial charge is 0.324 e. The molecule has 0 amide bonds. The number of rotatable bonds is 6. The Balaban J connectivity index is 1.40. The molecule has 1 aromatic rings. The lowest BCUT2D eigenvalue weighted by atomic mass is 10.0. The predicted octanol–water partition coefficient (Wildman–Crippen LogP) is 2.76. The van der Waals surface area contributed by atoms with Crippen molar-refractivity contribution in [3.05, 3.63) is 34.9 Å². The van der Waals surface area contributed by atoms with Gasteiger partial charge >= 0.3 is 0 Å². The summed E-state index contributed by atoms with van der Waals surface area (Å²) in [5.74, 6) is 1.00. The van der Waals surface area contributed by atoms with Crippen LogP contribution in [0, 0.1) is 5.92 Å². The summed E-state index contributed by atoms with van der Waals surface area (Å²) in [7, 11) is 0. The standard InChI is InChI=1S/C17H26ClN3/c18-16-4-2-1-3-15(16)17(19)7-8-20-9-11-21(12-10-20)13-14-5-6-14/h1-4,14,17H,5-13,19H2. The molecule has 1 saturated carbocycles. The molecule has 0 bridgehead atoms. The molecule has 21 heavy (non-hydrogen) atoms. The lowest BCUT2D eigenvalue weighted by Gasteiger charge is -2.35. The maximum atomic E-state index is 6.29. The van der Waals surface area contributed by atoms with Crippen molar-refractivity contribution in [3.8, 4) is 0 Å². The monoisotopic (exact) mass is 307 g/mol. The van der Waals surface area contributed by atoms with E-state index >= 15 is 0 Å². The van der Waals surface area contributed by atoms with Gasteiger partial charge in [0.15, 0.2) is 0 Å². The van der Waals surface area contributed by atoms with Gasteiger partial charge in [0.1, 0.15) is 0 Å². The second-order valence-electron chi connectivity index (χ2n) is 6.50. The topological polar surface area (TPSA) is 32.5 Å². The Bertz CT molecular complexity index is 453. The fraction of sp³-hybridized carbons (Fsp3) is 0.647. The minimum Gasteiger partial charge on any atom is -0.324 e. The van der Waals surface area contributed by atoms with Crippen LogP contribution in [0.3, 0.4) is 0 Å². The molecule has 2 N–H and O–H groups in total. The highest BCUT2D eigenvalue weighted by atomic mass is 35.5. The Morgan fingerprint density at radius 3 is 2.43 bits per heavy atom. The number of hydrogen-bond donors (Lipinski definition) is 1. The van der Waals surface area contributed by atoms with E-state index in [0.29, 0.717) is 0 Å². The summed E-state index contributed by atoms with van der Waals surface area (Å²) >= 11 is 6.21. The average molecular weight is 308 g/mol. The Morgan fingerprint density at radius 1 is 1.10 bits per heavy atom. The SMILES string of the molecule is NC(CCN1CCN(CC2CC2)CC1)c1ccccc1Cl. The van der Waals surface area contributed by atoms with Crippen LogP contribution in [-0.4, -0.2) is 49.1 Å². The molecule has 1 saturated heterocycles. The number of benzene rings is 1. The van der Waals surface area contributed by atoms with Crippen molar-refractivity contribution in [3.63, 3.8) is 0 Å². The zero-order valence-electron chi connectivity index (χ0n) is 12.7. The first-order valence-corrected chi connectivity index (χ1v) is 8.55. The highest BCUT2D eigenvalue weighted by molar-refractivity contribution is 6.31. The van der Waals surface area contributed by atoms with Crippen LogP contribution in [0.4, 0.5) is 0 Å². The minimum absolute atomic E-state index is 0.0446. The van der Waals surface area contributed by atoms with E-state index in [0.717, 1.165) is 29.5 Å². The Kier molecular flexibility index (Phi) is 5.17. The van der Waals surface area contributed by atoms with Crippen molar-refractivity contribution in [2.45, 2.75) is 25.3 Å². The van der Waals surface area contributed by atoms with E-state index in [4.69, 9.17) is 17.3 Å². The first-order chi connectivity index (χ1) is 10.2. The lowest BCUT2D eigenvalue weighted by Crippen LogP contribution is -2.47. The number of nitrogens with two attached hydrogens (primary N) is 1. The summed E-state index contributed by atoms with van der Waals surface area (Å²) in [6.45, 7) is 7.20. The van der Waals surface area contributed by atoms with Crippen LogP contribution in [0.5, 0.6) is 0 Å². The molecule has 1 atom stereocenters. The van der Waals surface area contributed by atoms with Gasteiger partial charge in [0.25, 0.3) is 0 Å². The molecule has 0 radical (unpaired) electrons. The van der Waals surface area contributed by atoms with E-state index in [1.54, 1.807) is 0 Å². The van der Waals surface area contributed by atoms with Gasteiger partial charge in [0.05, 0.1) is 0 Å². The van der Waals surface area contributed by atoms with Crippen molar-refractivity contribution >= 4 is 11.6 Å². The van der Waals surface area contributed by atoms with Crippen LogP contribution in [-0.2, 0) is 0 Å². The Labute approximate surface area is 133 Å². The van der Waals surface area contributed by atoms with E-state index in [1.165, 1.54) is 45.6 Å². The zero-order valence-corrected chi connectivity index (χ0v) is 13.4. The summed E-state index contributed by atoms with van der Waals surface area (Å²) in [4.78, 5) is 5.17. The molecule has 116 valence electrons. The minimum atomic E-state index is 0.0446. The van der Waals surface area contributed by atoms with E-state index in [9.17, 15) is 0 Å². The highest BCUT2D eigenvalue weighted by Crippen LogP contribution is 2.30. The smallest absolute Gasteiger partial charge is 0.0453 e. The van der Waals surface area contributed by atoms with Gasteiger partial charge in [-0.15, -0.1) is 0 Å². The average Bonchev–Trinajstić information content (AvgIpc) is 3.31. The van der Waals surface area contributed by atoms with Crippen molar-refractivity contribution in [2.24, 2.45) is 11.7 Å². The normalized spacial score (nSPS) is 22.4. The van der Waals surface area contributed by atoms with E-state index < -0.39 is 0 Å². The number of nitrogens with zero attached hydrogens (tertiary/aromatic N) is 2. The second-order valence-corrected chi connectivity index (χ2v) is 6.91. The molecule has 3 rings (SSSR count). The Hall–Kier alpha value is -0.610. The van der Waals surface area contributed by atoms with Gasteiger partial charge < -0.3 is 15.5 Å². The Morgan fingerprint density at radius 2 is 1.76 bits per heavy atom. The summed E-state index contributed by atoms with van der Waals surface area (Å²) < 4.78 is 0. The lowest BCUT2D eigenvalue weighted by molar-refractivity contribution is 0.126.